The summed E-state index contributed by atoms with van der Waals surface area (Å²) in [6.07, 6.45) is 3.96. The van der Waals surface area contributed by atoms with Crippen LogP contribution in [0.15, 0.2) is 53.7 Å². The van der Waals surface area contributed by atoms with Gasteiger partial charge in [0.25, 0.3) is 0 Å². The van der Waals surface area contributed by atoms with E-state index in [0.29, 0.717) is 26.2 Å². The lowest BCUT2D eigenvalue weighted by molar-refractivity contribution is 0.0368. The number of morpholine rings is 1. The van der Waals surface area contributed by atoms with Crippen LogP contribution in [0.3, 0.4) is 0 Å². The molecule has 0 spiro atoms. The largest absolute Gasteiger partial charge is 0.379 e. The minimum Gasteiger partial charge on any atom is -0.379 e. The van der Waals surface area contributed by atoms with Crippen molar-refractivity contribution in [2.24, 2.45) is 0 Å². The maximum absolute atomic E-state index is 13.6. The first-order chi connectivity index (χ1) is 13.1. The number of hydrogen-bond donors (Lipinski definition) is 0. The lowest BCUT2D eigenvalue weighted by Gasteiger charge is -2.28. The molecule has 2 heterocycles. The van der Waals surface area contributed by atoms with Gasteiger partial charge in [-0.25, -0.2) is 12.8 Å². The van der Waals surface area contributed by atoms with Crippen molar-refractivity contribution in [1.29, 1.82) is 0 Å². The van der Waals surface area contributed by atoms with Crippen molar-refractivity contribution in [3.63, 3.8) is 0 Å². The van der Waals surface area contributed by atoms with Gasteiger partial charge in [0.1, 0.15) is 5.82 Å². The van der Waals surface area contributed by atoms with Crippen LogP contribution < -0.4 is 0 Å². The molecule has 0 aliphatic carbocycles. The highest BCUT2D eigenvalue weighted by molar-refractivity contribution is 7.89. The molecule has 27 heavy (non-hydrogen) atoms. The maximum Gasteiger partial charge on any atom is 0.243 e. The van der Waals surface area contributed by atoms with E-state index >= 15 is 0 Å². The summed E-state index contributed by atoms with van der Waals surface area (Å²) in [7, 11) is -3.80. The Morgan fingerprint density at radius 3 is 2.59 bits per heavy atom. The van der Waals surface area contributed by atoms with Gasteiger partial charge in [-0.15, -0.1) is 0 Å². The monoisotopic (exact) mass is 393 g/mol. The van der Waals surface area contributed by atoms with E-state index < -0.39 is 15.8 Å². The van der Waals surface area contributed by atoms with Gasteiger partial charge in [0.05, 0.1) is 18.1 Å². The summed E-state index contributed by atoms with van der Waals surface area (Å²) in [5.74, 6) is -0.562. The summed E-state index contributed by atoms with van der Waals surface area (Å²) < 4.78 is 46.5. The molecule has 3 rings (SSSR count). The van der Waals surface area contributed by atoms with E-state index in [1.165, 1.54) is 22.5 Å². The van der Waals surface area contributed by atoms with E-state index in [1.54, 1.807) is 24.5 Å². The number of rotatable bonds is 8. The summed E-state index contributed by atoms with van der Waals surface area (Å²) >= 11 is 0. The zero-order valence-corrected chi connectivity index (χ0v) is 15.9. The fourth-order valence-corrected chi connectivity index (χ4v) is 4.55. The van der Waals surface area contributed by atoms with Crippen molar-refractivity contribution in [3.05, 3.63) is 60.2 Å². The molecule has 0 unspecified atom stereocenters. The van der Waals surface area contributed by atoms with Gasteiger partial charge in [0.2, 0.25) is 10.0 Å². The third-order valence-corrected chi connectivity index (χ3v) is 6.37. The molecule has 0 amide bonds. The molecule has 1 aliphatic heterocycles. The molecule has 0 atom stereocenters. The molecule has 0 radical (unpaired) electrons. The van der Waals surface area contributed by atoms with Gasteiger partial charge < -0.3 is 4.74 Å². The molecule has 1 aromatic heterocycles. The Balaban J connectivity index is 1.74. The second kappa shape index (κ2) is 9.36. The number of hydrogen-bond acceptors (Lipinski definition) is 5. The maximum atomic E-state index is 13.6. The van der Waals surface area contributed by atoms with Gasteiger partial charge in [-0.2, -0.15) is 4.31 Å². The average molecular weight is 393 g/mol. The van der Waals surface area contributed by atoms with Crippen molar-refractivity contribution < 1.29 is 17.5 Å². The normalized spacial score (nSPS) is 15.9. The van der Waals surface area contributed by atoms with Crippen LogP contribution in [0, 0.1) is 5.82 Å². The van der Waals surface area contributed by atoms with Crippen molar-refractivity contribution >= 4 is 10.0 Å². The van der Waals surface area contributed by atoms with Crippen LogP contribution >= 0.6 is 0 Å². The minimum atomic E-state index is -3.80. The summed E-state index contributed by atoms with van der Waals surface area (Å²) in [6.45, 7) is 4.53. The summed E-state index contributed by atoms with van der Waals surface area (Å²) in [5.41, 5.74) is 0.844. The first-order valence-electron chi connectivity index (χ1n) is 9.00. The molecule has 1 saturated heterocycles. The van der Waals surface area contributed by atoms with Crippen molar-refractivity contribution in [2.75, 3.05) is 39.4 Å². The van der Waals surface area contributed by atoms with Crippen molar-refractivity contribution in [2.45, 2.75) is 17.9 Å². The van der Waals surface area contributed by atoms with E-state index in [4.69, 9.17) is 4.74 Å². The molecular formula is C19H24FN3O3S. The zero-order chi connectivity index (χ0) is 19.1. The number of ether oxygens (including phenoxy) is 1. The van der Waals surface area contributed by atoms with Crippen LogP contribution in [0.4, 0.5) is 4.39 Å². The third-order valence-electron chi connectivity index (χ3n) is 4.53. The third kappa shape index (κ3) is 5.55. The molecule has 1 aromatic carbocycles. The van der Waals surface area contributed by atoms with Gasteiger partial charge in [0, 0.05) is 38.6 Å². The van der Waals surface area contributed by atoms with Crippen molar-refractivity contribution in [3.8, 4) is 0 Å². The lowest BCUT2D eigenvalue weighted by Crippen LogP contribution is -2.39. The number of aromatic nitrogens is 1. The van der Waals surface area contributed by atoms with E-state index in [9.17, 15) is 12.8 Å². The summed E-state index contributed by atoms with van der Waals surface area (Å²) in [5, 5.41) is 0. The van der Waals surface area contributed by atoms with Gasteiger partial charge in [-0.1, -0.05) is 6.07 Å². The number of halogens is 1. The number of nitrogens with zero attached hydrogens (tertiary/aromatic N) is 3. The van der Waals surface area contributed by atoms with Gasteiger partial charge in [-0.3, -0.25) is 9.88 Å². The molecule has 146 valence electrons. The van der Waals surface area contributed by atoms with Crippen LogP contribution in [0.25, 0.3) is 0 Å². The van der Waals surface area contributed by atoms with Crippen LogP contribution in [0.2, 0.25) is 0 Å². The van der Waals surface area contributed by atoms with Gasteiger partial charge in [0.15, 0.2) is 0 Å². The van der Waals surface area contributed by atoms with Crippen LogP contribution in [-0.4, -0.2) is 62.0 Å². The highest BCUT2D eigenvalue weighted by Crippen LogP contribution is 2.19. The highest BCUT2D eigenvalue weighted by atomic mass is 32.2. The molecule has 0 saturated carbocycles. The standard InChI is InChI=1S/C19H24FN3O3S/c20-18-3-1-4-19(15-18)27(24,25)23(16-17-5-7-21-8-6-17)10-2-9-22-11-13-26-14-12-22/h1,3-8,15H,2,9-14,16H2. The Morgan fingerprint density at radius 1 is 1.15 bits per heavy atom. The van der Waals surface area contributed by atoms with Gasteiger partial charge >= 0.3 is 0 Å². The fourth-order valence-electron chi connectivity index (χ4n) is 3.05. The number of benzene rings is 1. The first kappa shape index (κ1) is 19.9. The van der Waals surface area contributed by atoms with E-state index in [2.05, 4.69) is 9.88 Å². The van der Waals surface area contributed by atoms with E-state index in [1.807, 2.05) is 0 Å². The Hall–Kier alpha value is -1.87. The van der Waals surface area contributed by atoms with Gasteiger partial charge in [-0.05, 0) is 48.9 Å². The van der Waals surface area contributed by atoms with Crippen molar-refractivity contribution in [1.82, 2.24) is 14.2 Å². The Kier molecular flexibility index (Phi) is 6.89. The summed E-state index contributed by atoms with van der Waals surface area (Å²) in [6, 6.07) is 8.73. The van der Waals surface area contributed by atoms with Crippen LogP contribution in [0.1, 0.15) is 12.0 Å². The Morgan fingerprint density at radius 2 is 1.89 bits per heavy atom. The quantitative estimate of drug-likeness (QED) is 0.688. The second-order valence-corrected chi connectivity index (χ2v) is 8.40. The fraction of sp³-hybridized carbons (Fsp3) is 0.421. The number of sulfonamides is 1. The molecule has 8 heteroatoms. The topological polar surface area (TPSA) is 62.7 Å². The molecule has 0 bridgehead atoms. The Bertz CT molecular complexity index is 827. The molecule has 1 fully saturated rings. The predicted octanol–water partition coefficient (Wildman–Crippen LogP) is 2.13. The Labute approximate surface area is 159 Å². The first-order valence-corrected chi connectivity index (χ1v) is 10.4. The SMILES string of the molecule is O=S(=O)(c1cccc(F)c1)N(CCCN1CCOCC1)Cc1ccncc1. The summed E-state index contributed by atoms with van der Waals surface area (Å²) in [4.78, 5) is 6.21. The predicted molar refractivity (Wildman–Crippen MR) is 100 cm³/mol. The minimum absolute atomic E-state index is 0.0251. The number of pyridine rings is 1. The molecule has 1 aliphatic rings. The van der Waals surface area contributed by atoms with Crippen LogP contribution in [0.5, 0.6) is 0 Å². The zero-order valence-electron chi connectivity index (χ0n) is 15.1. The molecular weight excluding hydrogens is 369 g/mol. The highest BCUT2D eigenvalue weighted by Gasteiger charge is 2.25. The van der Waals surface area contributed by atoms with E-state index in [0.717, 1.165) is 31.3 Å². The van der Waals surface area contributed by atoms with E-state index in [-0.39, 0.29) is 11.4 Å². The smallest absolute Gasteiger partial charge is 0.243 e. The second-order valence-electron chi connectivity index (χ2n) is 6.46. The lowest BCUT2D eigenvalue weighted by atomic mass is 10.2. The average Bonchev–Trinajstić information content (AvgIpc) is 2.69. The van der Waals surface area contributed by atoms with Crippen LogP contribution in [-0.2, 0) is 21.3 Å². The molecule has 6 nitrogen and oxygen atoms in total. The molecule has 2 aromatic rings. The molecule has 0 N–H and O–H groups in total.